The van der Waals surface area contributed by atoms with Crippen molar-refractivity contribution < 1.29 is 9.90 Å². The molecule has 0 spiro atoms. The van der Waals surface area contributed by atoms with Crippen molar-refractivity contribution in [1.29, 1.82) is 0 Å². The van der Waals surface area contributed by atoms with Crippen molar-refractivity contribution in [2.45, 2.75) is 20.8 Å². The van der Waals surface area contributed by atoms with Gasteiger partial charge in [0.25, 0.3) is 0 Å². The fraction of sp³-hybridized carbons (Fsp3) is 0.231. The smallest absolute Gasteiger partial charge is 0.0752 e. The topological polar surface area (TPSA) is 58.0 Å². The third-order valence-electron chi connectivity index (χ3n) is 2.84. The highest BCUT2D eigenvalue weighted by Crippen LogP contribution is 2.19. The molecule has 4 nitrogen and oxygen atoms in total. The molecule has 0 radical (unpaired) electrons. The zero-order valence-corrected chi connectivity index (χ0v) is 10.0. The van der Waals surface area contributed by atoms with Gasteiger partial charge in [0.1, 0.15) is 0 Å². The van der Waals surface area contributed by atoms with Gasteiger partial charge in [-0.1, -0.05) is 18.2 Å². The average molecular weight is 229 g/mol. The molecule has 1 aromatic carbocycles. The summed E-state index contributed by atoms with van der Waals surface area (Å²) in [5.74, 6) is -1.18. The molecule has 88 valence electrons. The minimum atomic E-state index is -1.18. The van der Waals surface area contributed by atoms with Gasteiger partial charge >= 0.3 is 0 Å². The first-order chi connectivity index (χ1) is 8.02. The van der Waals surface area contributed by atoms with Crippen LogP contribution in [0.15, 0.2) is 24.3 Å². The number of carboxylic acid groups (broad SMARTS) is 1. The Hall–Kier alpha value is -2.10. The van der Waals surface area contributed by atoms with E-state index in [-0.39, 0.29) is 5.56 Å². The lowest BCUT2D eigenvalue weighted by Gasteiger charge is -2.08. The first kappa shape index (κ1) is 11.4. The summed E-state index contributed by atoms with van der Waals surface area (Å²) in [6.45, 7) is 5.37. The number of benzene rings is 1. The molecule has 0 saturated heterocycles. The molecule has 0 saturated carbocycles. The van der Waals surface area contributed by atoms with Gasteiger partial charge in [-0.2, -0.15) is 5.10 Å². The number of hydrogen-bond donors (Lipinski definition) is 0. The molecule has 17 heavy (non-hydrogen) atoms. The van der Waals surface area contributed by atoms with Crippen LogP contribution in [0.1, 0.15) is 27.3 Å². The Bertz CT molecular complexity index is 585. The summed E-state index contributed by atoms with van der Waals surface area (Å²) in [7, 11) is 0. The largest absolute Gasteiger partial charge is 0.545 e. The Balaban J connectivity index is 2.66. The number of carboxylic acids is 1. The van der Waals surface area contributed by atoms with Crippen LogP contribution in [0.5, 0.6) is 0 Å². The van der Waals surface area contributed by atoms with Crippen molar-refractivity contribution in [3.05, 3.63) is 46.8 Å². The molecule has 2 rings (SSSR count). The van der Waals surface area contributed by atoms with Gasteiger partial charge in [0.2, 0.25) is 0 Å². The number of carbonyl (C=O) groups is 1. The quantitative estimate of drug-likeness (QED) is 0.776. The van der Waals surface area contributed by atoms with Crippen molar-refractivity contribution in [3.8, 4) is 5.69 Å². The predicted octanol–water partition coefficient (Wildman–Crippen LogP) is 1.16. The maximum Gasteiger partial charge on any atom is 0.0752 e. The fourth-order valence-corrected chi connectivity index (χ4v) is 1.97. The van der Waals surface area contributed by atoms with E-state index >= 15 is 0 Å². The average Bonchev–Trinajstić information content (AvgIpc) is 2.55. The van der Waals surface area contributed by atoms with Gasteiger partial charge in [-0.05, 0) is 32.4 Å². The molecule has 0 amide bonds. The lowest BCUT2D eigenvalue weighted by molar-refractivity contribution is -0.255. The van der Waals surface area contributed by atoms with E-state index in [0.717, 1.165) is 11.3 Å². The Morgan fingerprint density at radius 1 is 1.24 bits per heavy atom. The Labute approximate surface area is 99.5 Å². The van der Waals surface area contributed by atoms with Crippen molar-refractivity contribution in [1.82, 2.24) is 9.78 Å². The number of hydrogen-bond acceptors (Lipinski definition) is 3. The van der Waals surface area contributed by atoms with E-state index in [9.17, 15) is 9.90 Å². The van der Waals surface area contributed by atoms with Crippen molar-refractivity contribution in [2.24, 2.45) is 0 Å². The summed E-state index contributed by atoms with van der Waals surface area (Å²) in [6.07, 6.45) is 0. The molecular formula is C13H13N2O2-. The van der Waals surface area contributed by atoms with E-state index < -0.39 is 5.97 Å². The van der Waals surface area contributed by atoms with Crippen LogP contribution in [0.4, 0.5) is 0 Å². The minimum absolute atomic E-state index is 0.174. The van der Waals surface area contributed by atoms with Crippen LogP contribution in [0.25, 0.3) is 5.69 Å². The zero-order valence-electron chi connectivity index (χ0n) is 10.0. The van der Waals surface area contributed by atoms with Crippen LogP contribution in [-0.2, 0) is 0 Å². The van der Waals surface area contributed by atoms with Crippen LogP contribution in [0, 0.1) is 20.8 Å². The molecule has 0 aliphatic rings. The first-order valence-corrected chi connectivity index (χ1v) is 5.36. The van der Waals surface area contributed by atoms with Crippen LogP contribution in [0.2, 0.25) is 0 Å². The maximum atomic E-state index is 11.0. The van der Waals surface area contributed by atoms with E-state index in [1.807, 2.05) is 31.2 Å². The first-order valence-electron chi connectivity index (χ1n) is 5.36. The highest BCUT2D eigenvalue weighted by Gasteiger charge is 2.14. The van der Waals surface area contributed by atoms with Crippen LogP contribution in [-0.4, -0.2) is 15.7 Å². The second kappa shape index (κ2) is 4.05. The summed E-state index contributed by atoms with van der Waals surface area (Å²) in [6, 6.07) is 7.71. The van der Waals surface area contributed by atoms with E-state index in [1.165, 1.54) is 0 Å². The SMILES string of the molecule is Cc1ccccc1-n1nc(C)c(C(=O)[O-])c1C. The summed E-state index contributed by atoms with van der Waals surface area (Å²) < 4.78 is 1.65. The highest BCUT2D eigenvalue weighted by molar-refractivity contribution is 5.88. The molecule has 0 fully saturated rings. The molecule has 0 N–H and O–H groups in total. The third kappa shape index (κ3) is 1.82. The molecule has 0 bridgehead atoms. The molecular weight excluding hydrogens is 216 g/mol. The van der Waals surface area contributed by atoms with Gasteiger partial charge in [0.05, 0.1) is 23.0 Å². The molecule has 4 heteroatoms. The molecule has 0 unspecified atom stereocenters. The van der Waals surface area contributed by atoms with E-state index in [1.54, 1.807) is 18.5 Å². The normalized spacial score (nSPS) is 10.5. The number of nitrogens with zero attached hydrogens (tertiary/aromatic N) is 2. The Morgan fingerprint density at radius 2 is 1.88 bits per heavy atom. The van der Waals surface area contributed by atoms with Crippen molar-refractivity contribution >= 4 is 5.97 Å². The van der Waals surface area contributed by atoms with E-state index in [0.29, 0.717) is 11.4 Å². The minimum Gasteiger partial charge on any atom is -0.545 e. The number of rotatable bonds is 2. The van der Waals surface area contributed by atoms with Gasteiger partial charge in [-0.25, -0.2) is 4.68 Å². The van der Waals surface area contributed by atoms with Gasteiger partial charge in [-0.3, -0.25) is 0 Å². The molecule has 1 heterocycles. The predicted molar refractivity (Wildman–Crippen MR) is 62.1 cm³/mol. The molecule has 0 aliphatic carbocycles. The molecule has 0 aliphatic heterocycles. The van der Waals surface area contributed by atoms with Crippen LogP contribution < -0.4 is 5.11 Å². The molecule has 1 aromatic heterocycles. The number of aryl methyl sites for hydroxylation is 2. The molecule has 0 atom stereocenters. The monoisotopic (exact) mass is 229 g/mol. The number of para-hydroxylation sites is 1. The van der Waals surface area contributed by atoms with Crippen LogP contribution in [0.3, 0.4) is 0 Å². The maximum absolute atomic E-state index is 11.0. The summed E-state index contributed by atoms with van der Waals surface area (Å²) in [5.41, 5.74) is 3.18. The van der Waals surface area contributed by atoms with Gasteiger partial charge < -0.3 is 9.90 Å². The Kier molecular flexibility index (Phi) is 2.71. The van der Waals surface area contributed by atoms with Gasteiger partial charge in [-0.15, -0.1) is 0 Å². The summed E-state index contributed by atoms with van der Waals surface area (Å²) in [4.78, 5) is 11.0. The number of aromatic nitrogens is 2. The van der Waals surface area contributed by atoms with Gasteiger partial charge in [0.15, 0.2) is 0 Å². The lowest BCUT2D eigenvalue weighted by atomic mass is 10.2. The lowest BCUT2D eigenvalue weighted by Crippen LogP contribution is -2.23. The van der Waals surface area contributed by atoms with Crippen molar-refractivity contribution in [2.75, 3.05) is 0 Å². The third-order valence-corrected chi connectivity index (χ3v) is 2.84. The Morgan fingerprint density at radius 3 is 2.41 bits per heavy atom. The van der Waals surface area contributed by atoms with E-state index in [4.69, 9.17) is 0 Å². The van der Waals surface area contributed by atoms with Crippen LogP contribution >= 0.6 is 0 Å². The second-order valence-corrected chi connectivity index (χ2v) is 4.03. The summed E-state index contributed by atoms with van der Waals surface area (Å²) in [5, 5.41) is 15.3. The zero-order chi connectivity index (χ0) is 12.6. The number of carbonyl (C=O) groups excluding carboxylic acids is 1. The standard InChI is InChI=1S/C13H14N2O2/c1-8-6-4-5-7-11(8)15-10(3)12(13(16)17)9(2)14-15/h4-7H,1-3H3,(H,16,17)/p-1. The number of aromatic carboxylic acids is 1. The van der Waals surface area contributed by atoms with Gasteiger partial charge in [0, 0.05) is 5.56 Å². The van der Waals surface area contributed by atoms with Crippen molar-refractivity contribution in [3.63, 3.8) is 0 Å². The summed E-state index contributed by atoms with van der Waals surface area (Å²) >= 11 is 0. The second-order valence-electron chi connectivity index (χ2n) is 4.03. The highest BCUT2D eigenvalue weighted by atomic mass is 16.4. The van der Waals surface area contributed by atoms with E-state index in [2.05, 4.69) is 5.10 Å². The molecule has 2 aromatic rings. The fourth-order valence-electron chi connectivity index (χ4n) is 1.97.